The Morgan fingerprint density at radius 3 is 2.83 bits per heavy atom. The molecule has 3 rings (SSSR count). The van der Waals surface area contributed by atoms with Gasteiger partial charge in [-0.25, -0.2) is 4.98 Å². The number of non-ortho nitro benzene ring substituents is 1. The molecule has 2 N–H and O–H groups in total. The molecule has 0 aliphatic heterocycles. The molecule has 0 unspecified atom stereocenters. The van der Waals surface area contributed by atoms with Crippen LogP contribution < -0.4 is 5.56 Å². The summed E-state index contributed by atoms with van der Waals surface area (Å²) in [4.78, 5) is 29.1. The van der Waals surface area contributed by atoms with E-state index in [1.54, 1.807) is 18.2 Å². The van der Waals surface area contributed by atoms with Crippen LogP contribution in [-0.2, 0) is 0 Å². The van der Waals surface area contributed by atoms with E-state index < -0.39 is 10.5 Å². The van der Waals surface area contributed by atoms with Crippen LogP contribution in [0.3, 0.4) is 0 Å². The van der Waals surface area contributed by atoms with Crippen LogP contribution in [0.4, 0.5) is 5.69 Å². The van der Waals surface area contributed by atoms with Crippen molar-refractivity contribution in [2.24, 2.45) is 0 Å². The van der Waals surface area contributed by atoms with E-state index in [-0.39, 0.29) is 22.7 Å². The van der Waals surface area contributed by atoms with Crippen molar-refractivity contribution in [1.29, 1.82) is 0 Å². The zero-order chi connectivity index (χ0) is 17.3. The summed E-state index contributed by atoms with van der Waals surface area (Å²) in [6.07, 6.45) is 1.16. The van der Waals surface area contributed by atoms with Gasteiger partial charge in [0.2, 0.25) is 0 Å². The second kappa shape index (κ2) is 6.13. The number of aromatic amines is 1. The number of nitro benzene ring substituents is 1. The number of hydrogen-bond donors (Lipinski definition) is 2. The summed E-state index contributed by atoms with van der Waals surface area (Å²) in [6, 6.07) is 10.3. The predicted octanol–water partition coefficient (Wildman–Crippen LogP) is 3.54. The Morgan fingerprint density at radius 2 is 2.08 bits per heavy atom. The first-order chi connectivity index (χ1) is 11.4. The minimum absolute atomic E-state index is 0.0196. The van der Waals surface area contributed by atoms with E-state index in [9.17, 15) is 20.0 Å². The molecule has 2 aromatic carbocycles. The lowest BCUT2D eigenvalue weighted by Gasteiger charge is -2.02. The molecular weight excluding hydrogens is 334 g/mol. The van der Waals surface area contributed by atoms with Crippen LogP contribution in [0.25, 0.3) is 22.9 Å². The Hall–Kier alpha value is -3.19. The van der Waals surface area contributed by atoms with Crippen LogP contribution in [0.15, 0.2) is 47.3 Å². The van der Waals surface area contributed by atoms with Crippen molar-refractivity contribution >= 4 is 40.2 Å². The summed E-state index contributed by atoms with van der Waals surface area (Å²) in [6.45, 7) is 0. The molecule has 7 nitrogen and oxygen atoms in total. The smallest absolute Gasteiger partial charge is 0.274 e. The molecule has 120 valence electrons. The number of aliphatic hydroxyl groups excluding tert-OH is 1. The van der Waals surface area contributed by atoms with Crippen molar-refractivity contribution < 1.29 is 10.0 Å². The average molecular weight is 344 g/mol. The van der Waals surface area contributed by atoms with Crippen molar-refractivity contribution in [3.63, 3.8) is 0 Å². The fourth-order valence-electron chi connectivity index (χ4n) is 2.16. The number of nitrogens with zero attached hydrogens (tertiary/aromatic N) is 2. The van der Waals surface area contributed by atoms with Gasteiger partial charge >= 0.3 is 0 Å². The molecule has 0 saturated heterocycles. The number of benzene rings is 2. The minimum Gasteiger partial charge on any atom is -0.507 e. The fraction of sp³-hybridized carbons (Fsp3) is 0. The third kappa shape index (κ3) is 3.11. The van der Waals surface area contributed by atoms with Gasteiger partial charge in [-0.2, -0.15) is 0 Å². The van der Waals surface area contributed by atoms with Crippen LogP contribution in [0, 0.1) is 10.1 Å². The number of aliphatic hydroxyl groups is 1. The van der Waals surface area contributed by atoms with Crippen LogP contribution >= 0.6 is 11.6 Å². The number of H-pyrrole nitrogens is 1. The van der Waals surface area contributed by atoms with Crippen molar-refractivity contribution in [3.05, 3.63) is 79.2 Å². The van der Waals surface area contributed by atoms with Gasteiger partial charge in [0.05, 0.1) is 16.0 Å². The summed E-state index contributed by atoms with van der Waals surface area (Å²) >= 11 is 5.86. The number of aromatic nitrogens is 2. The number of rotatable bonds is 3. The van der Waals surface area contributed by atoms with Gasteiger partial charge < -0.3 is 10.1 Å². The topological polar surface area (TPSA) is 109 Å². The Labute approximate surface area is 140 Å². The first-order valence-corrected chi connectivity index (χ1v) is 7.17. The molecule has 0 aliphatic carbocycles. The third-order valence-electron chi connectivity index (χ3n) is 3.31. The molecule has 0 atom stereocenters. The van der Waals surface area contributed by atoms with Gasteiger partial charge in [-0.05, 0) is 18.2 Å². The highest BCUT2D eigenvalue weighted by molar-refractivity contribution is 6.31. The molecule has 8 heteroatoms. The van der Waals surface area contributed by atoms with Gasteiger partial charge in [-0.15, -0.1) is 0 Å². The van der Waals surface area contributed by atoms with Crippen molar-refractivity contribution in [3.8, 4) is 0 Å². The molecule has 0 fully saturated rings. The van der Waals surface area contributed by atoms with Crippen LogP contribution in [0.5, 0.6) is 0 Å². The molecule has 3 aromatic rings. The molecule has 0 radical (unpaired) electrons. The number of nitro groups is 1. The lowest BCUT2D eigenvalue weighted by molar-refractivity contribution is -0.384. The highest BCUT2D eigenvalue weighted by atomic mass is 35.5. The maximum atomic E-state index is 12.1. The summed E-state index contributed by atoms with van der Waals surface area (Å²) in [5, 5.41) is 21.4. The quantitative estimate of drug-likeness (QED) is 0.429. The minimum atomic E-state index is -0.568. The Kier molecular flexibility index (Phi) is 4.01. The Bertz CT molecular complexity index is 1040. The van der Waals surface area contributed by atoms with Crippen LogP contribution in [0.1, 0.15) is 11.3 Å². The van der Waals surface area contributed by atoms with E-state index >= 15 is 0 Å². The maximum absolute atomic E-state index is 12.1. The van der Waals surface area contributed by atoms with Crippen molar-refractivity contribution in [2.45, 2.75) is 0 Å². The number of halogens is 1. The van der Waals surface area contributed by atoms with E-state index in [0.29, 0.717) is 16.1 Å². The monoisotopic (exact) mass is 343 g/mol. The van der Waals surface area contributed by atoms with Gasteiger partial charge in [-0.1, -0.05) is 23.7 Å². The molecule has 0 saturated carbocycles. The summed E-state index contributed by atoms with van der Waals surface area (Å²) in [5.41, 5.74) is 0.483. The molecule has 0 spiro atoms. The van der Waals surface area contributed by atoms with Crippen molar-refractivity contribution in [2.75, 3.05) is 0 Å². The second-order valence-corrected chi connectivity index (χ2v) is 5.39. The normalized spacial score (nSPS) is 11.6. The zero-order valence-electron chi connectivity index (χ0n) is 12.1. The van der Waals surface area contributed by atoms with E-state index in [1.807, 2.05) is 0 Å². The molecule has 0 aliphatic rings. The lowest BCUT2D eigenvalue weighted by atomic mass is 10.1. The van der Waals surface area contributed by atoms with Gasteiger partial charge in [0, 0.05) is 28.8 Å². The maximum Gasteiger partial charge on any atom is 0.274 e. The van der Waals surface area contributed by atoms with Gasteiger partial charge in [-0.3, -0.25) is 14.9 Å². The van der Waals surface area contributed by atoms with Crippen molar-refractivity contribution in [1.82, 2.24) is 9.97 Å². The standard InChI is InChI=1S/C16H10ClN3O4/c17-10-4-5-12-13(7-10)19-16(22)14(18-12)8-15(21)9-2-1-3-11(6-9)20(23)24/h1-8,21H,(H,19,22)/b15-8-. The van der Waals surface area contributed by atoms with Gasteiger partial charge in [0.1, 0.15) is 11.5 Å². The zero-order valence-corrected chi connectivity index (χ0v) is 12.8. The molecular formula is C16H10ClN3O4. The largest absolute Gasteiger partial charge is 0.507 e. The van der Waals surface area contributed by atoms with E-state index in [2.05, 4.69) is 9.97 Å². The summed E-state index contributed by atoms with van der Waals surface area (Å²) < 4.78 is 0. The molecule has 0 amide bonds. The predicted molar refractivity (Wildman–Crippen MR) is 91.0 cm³/mol. The van der Waals surface area contributed by atoms with E-state index in [4.69, 9.17) is 11.6 Å². The fourth-order valence-corrected chi connectivity index (χ4v) is 2.33. The Balaban J connectivity index is 2.07. The molecule has 1 heterocycles. The number of fused-ring (bicyclic) bond motifs is 1. The SMILES string of the molecule is O=c1[nH]c2cc(Cl)ccc2nc1/C=C(\O)c1cccc([N+](=O)[O-])c1. The third-order valence-corrected chi connectivity index (χ3v) is 3.54. The number of hydrogen-bond acceptors (Lipinski definition) is 5. The number of nitrogens with one attached hydrogen (secondary N) is 1. The molecule has 1 aromatic heterocycles. The molecule has 0 bridgehead atoms. The second-order valence-electron chi connectivity index (χ2n) is 4.95. The first-order valence-electron chi connectivity index (χ1n) is 6.79. The van der Waals surface area contributed by atoms with E-state index in [1.165, 1.54) is 24.3 Å². The summed E-state index contributed by atoms with van der Waals surface area (Å²) in [7, 11) is 0. The molecule has 24 heavy (non-hydrogen) atoms. The van der Waals surface area contributed by atoms with Crippen LogP contribution in [-0.4, -0.2) is 20.0 Å². The van der Waals surface area contributed by atoms with Crippen LogP contribution in [0.2, 0.25) is 5.02 Å². The lowest BCUT2D eigenvalue weighted by Crippen LogP contribution is -2.12. The van der Waals surface area contributed by atoms with E-state index in [0.717, 1.165) is 6.08 Å². The Morgan fingerprint density at radius 1 is 1.29 bits per heavy atom. The highest BCUT2D eigenvalue weighted by Crippen LogP contribution is 2.20. The first kappa shape index (κ1) is 15.7. The average Bonchev–Trinajstić information content (AvgIpc) is 2.55. The van der Waals surface area contributed by atoms with Gasteiger partial charge in [0.25, 0.3) is 11.2 Å². The highest BCUT2D eigenvalue weighted by Gasteiger charge is 2.10. The van der Waals surface area contributed by atoms with Gasteiger partial charge in [0.15, 0.2) is 0 Å². The summed E-state index contributed by atoms with van der Waals surface area (Å²) in [5.74, 6) is -0.301.